The van der Waals surface area contributed by atoms with E-state index in [-0.39, 0.29) is 18.2 Å². The second kappa shape index (κ2) is 5.10. The standard InChI is InChI=1S/C11H23NO2/c1-9(2)12-11(8-13)7-5-4-6-10(11)14-3/h9-10,12-13H,4-8H2,1-3H3. The molecule has 0 aliphatic heterocycles. The van der Waals surface area contributed by atoms with Crippen molar-refractivity contribution in [3.8, 4) is 0 Å². The molecule has 84 valence electrons. The lowest BCUT2D eigenvalue weighted by atomic mass is 9.79. The van der Waals surface area contributed by atoms with Crippen molar-refractivity contribution >= 4 is 0 Å². The van der Waals surface area contributed by atoms with Crippen LogP contribution >= 0.6 is 0 Å². The summed E-state index contributed by atoms with van der Waals surface area (Å²) >= 11 is 0. The van der Waals surface area contributed by atoms with Crippen LogP contribution in [0.3, 0.4) is 0 Å². The van der Waals surface area contributed by atoms with Crippen molar-refractivity contribution in [2.45, 2.75) is 57.2 Å². The molecule has 1 aliphatic carbocycles. The van der Waals surface area contributed by atoms with Gasteiger partial charge in [0.15, 0.2) is 0 Å². The molecule has 0 bridgehead atoms. The first-order chi connectivity index (χ1) is 6.64. The van der Waals surface area contributed by atoms with E-state index < -0.39 is 0 Å². The summed E-state index contributed by atoms with van der Waals surface area (Å²) in [5.41, 5.74) is -0.207. The lowest BCUT2D eigenvalue weighted by Crippen LogP contribution is -2.61. The number of ether oxygens (including phenoxy) is 1. The van der Waals surface area contributed by atoms with Crippen LogP contribution < -0.4 is 5.32 Å². The van der Waals surface area contributed by atoms with Gasteiger partial charge in [0, 0.05) is 13.2 Å². The van der Waals surface area contributed by atoms with Crippen molar-refractivity contribution in [2.24, 2.45) is 0 Å². The van der Waals surface area contributed by atoms with Gasteiger partial charge in [0.05, 0.1) is 18.2 Å². The molecule has 1 fully saturated rings. The molecule has 0 aromatic rings. The van der Waals surface area contributed by atoms with E-state index >= 15 is 0 Å². The third kappa shape index (κ3) is 2.47. The number of methoxy groups -OCH3 is 1. The SMILES string of the molecule is COC1CCCCC1(CO)NC(C)C. The summed E-state index contributed by atoms with van der Waals surface area (Å²) < 4.78 is 5.48. The summed E-state index contributed by atoms with van der Waals surface area (Å²) in [5, 5.41) is 13.0. The van der Waals surface area contributed by atoms with Crippen LogP contribution in [0.2, 0.25) is 0 Å². The number of hydrogen-bond donors (Lipinski definition) is 2. The summed E-state index contributed by atoms with van der Waals surface area (Å²) in [6.07, 6.45) is 4.61. The van der Waals surface area contributed by atoms with Crippen LogP contribution in [0.15, 0.2) is 0 Å². The molecule has 14 heavy (non-hydrogen) atoms. The van der Waals surface area contributed by atoms with Gasteiger partial charge in [-0.2, -0.15) is 0 Å². The third-order valence-corrected chi connectivity index (χ3v) is 3.10. The summed E-state index contributed by atoms with van der Waals surface area (Å²) in [4.78, 5) is 0. The molecule has 0 saturated heterocycles. The maximum absolute atomic E-state index is 9.55. The highest BCUT2D eigenvalue weighted by atomic mass is 16.5. The molecular formula is C11H23NO2. The first-order valence-corrected chi connectivity index (χ1v) is 5.56. The van der Waals surface area contributed by atoms with Crippen molar-refractivity contribution in [1.82, 2.24) is 5.32 Å². The Bertz CT molecular complexity index is 173. The van der Waals surface area contributed by atoms with Gasteiger partial charge in [-0.05, 0) is 12.8 Å². The fourth-order valence-corrected chi connectivity index (χ4v) is 2.52. The van der Waals surface area contributed by atoms with Crippen LogP contribution in [0.5, 0.6) is 0 Å². The van der Waals surface area contributed by atoms with Crippen molar-refractivity contribution in [3.05, 3.63) is 0 Å². The highest BCUT2D eigenvalue weighted by molar-refractivity contribution is 4.98. The molecule has 0 amide bonds. The van der Waals surface area contributed by atoms with Crippen LogP contribution in [-0.4, -0.2) is 36.5 Å². The van der Waals surface area contributed by atoms with Crippen molar-refractivity contribution in [1.29, 1.82) is 0 Å². The van der Waals surface area contributed by atoms with E-state index in [9.17, 15) is 5.11 Å². The Balaban J connectivity index is 2.70. The molecule has 3 nitrogen and oxygen atoms in total. The maximum Gasteiger partial charge on any atom is 0.0775 e. The van der Waals surface area contributed by atoms with Crippen LogP contribution in [0.4, 0.5) is 0 Å². The number of hydrogen-bond acceptors (Lipinski definition) is 3. The van der Waals surface area contributed by atoms with E-state index in [1.165, 1.54) is 12.8 Å². The lowest BCUT2D eigenvalue weighted by molar-refractivity contribution is -0.0416. The average molecular weight is 201 g/mol. The zero-order chi connectivity index (χ0) is 10.6. The summed E-state index contributed by atoms with van der Waals surface area (Å²) in [5.74, 6) is 0. The van der Waals surface area contributed by atoms with E-state index in [0.29, 0.717) is 6.04 Å². The van der Waals surface area contributed by atoms with Gasteiger partial charge in [0.25, 0.3) is 0 Å². The van der Waals surface area contributed by atoms with Crippen molar-refractivity contribution in [2.75, 3.05) is 13.7 Å². The summed E-state index contributed by atoms with van der Waals surface area (Å²) in [7, 11) is 1.74. The first kappa shape index (κ1) is 12.0. The van der Waals surface area contributed by atoms with Gasteiger partial charge in [0.2, 0.25) is 0 Å². The van der Waals surface area contributed by atoms with E-state index in [1.54, 1.807) is 7.11 Å². The zero-order valence-corrected chi connectivity index (χ0v) is 9.55. The maximum atomic E-state index is 9.55. The minimum Gasteiger partial charge on any atom is -0.394 e. The van der Waals surface area contributed by atoms with E-state index in [0.717, 1.165) is 12.8 Å². The van der Waals surface area contributed by atoms with Gasteiger partial charge < -0.3 is 15.2 Å². The van der Waals surface area contributed by atoms with Crippen LogP contribution in [0.1, 0.15) is 39.5 Å². The number of nitrogens with one attached hydrogen (secondary N) is 1. The van der Waals surface area contributed by atoms with Crippen molar-refractivity contribution < 1.29 is 9.84 Å². The quantitative estimate of drug-likeness (QED) is 0.720. The van der Waals surface area contributed by atoms with Crippen LogP contribution in [-0.2, 0) is 4.74 Å². The second-order valence-electron chi connectivity index (χ2n) is 4.58. The first-order valence-electron chi connectivity index (χ1n) is 5.56. The molecule has 1 saturated carbocycles. The predicted octanol–water partition coefficient (Wildman–Crippen LogP) is 1.30. The Morgan fingerprint density at radius 2 is 2.21 bits per heavy atom. The Morgan fingerprint density at radius 3 is 2.71 bits per heavy atom. The highest BCUT2D eigenvalue weighted by Crippen LogP contribution is 2.30. The van der Waals surface area contributed by atoms with Gasteiger partial charge in [0.1, 0.15) is 0 Å². The normalized spacial score (nSPS) is 33.6. The smallest absolute Gasteiger partial charge is 0.0775 e. The molecule has 2 N–H and O–H groups in total. The largest absolute Gasteiger partial charge is 0.394 e. The van der Waals surface area contributed by atoms with Gasteiger partial charge in [-0.3, -0.25) is 0 Å². The Morgan fingerprint density at radius 1 is 1.50 bits per heavy atom. The molecule has 0 spiro atoms. The number of aliphatic hydroxyl groups excluding tert-OH is 1. The number of rotatable bonds is 4. The molecule has 1 aliphatic rings. The molecule has 0 radical (unpaired) electrons. The fourth-order valence-electron chi connectivity index (χ4n) is 2.52. The lowest BCUT2D eigenvalue weighted by Gasteiger charge is -2.44. The van der Waals surface area contributed by atoms with Gasteiger partial charge in [-0.15, -0.1) is 0 Å². The van der Waals surface area contributed by atoms with Crippen molar-refractivity contribution in [3.63, 3.8) is 0 Å². The van der Waals surface area contributed by atoms with E-state index in [1.807, 2.05) is 0 Å². The topological polar surface area (TPSA) is 41.5 Å². The molecule has 1 rings (SSSR count). The highest BCUT2D eigenvalue weighted by Gasteiger charge is 2.40. The van der Waals surface area contributed by atoms with Gasteiger partial charge >= 0.3 is 0 Å². The van der Waals surface area contributed by atoms with Crippen LogP contribution in [0.25, 0.3) is 0 Å². The summed E-state index contributed by atoms with van der Waals surface area (Å²) in [6.45, 7) is 4.39. The molecule has 0 aromatic heterocycles. The minimum absolute atomic E-state index is 0.156. The molecule has 2 unspecified atom stereocenters. The second-order valence-corrected chi connectivity index (χ2v) is 4.58. The molecule has 0 aromatic carbocycles. The zero-order valence-electron chi connectivity index (χ0n) is 9.55. The third-order valence-electron chi connectivity index (χ3n) is 3.10. The molecule has 3 heteroatoms. The van der Waals surface area contributed by atoms with Gasteiger partial charge in [-0.1, -0.05) is 26.7 Å². The monoisotopic (exact) mass is 201 g/mol. The minimum atomic E-state index is -0.207. The molecule has 0 heterocycles. The summed E-state index contributed by atoms with van der Waals surface area (Å²) in [6, 6.07) is 0.387. The van der Waals surface area contributed by atoms with Gasteiger partial charge in [-0.25, -0.2) is 0 Å². The molecule has 2 atom stereocenters. The fraction of sp³-hybridized carbons (Fsp3) is 1.00. The van der Waals surface area contributed by atoms with E-state index in [2.05, 4.69) is 19.2 Å². The average Bonchev–Trinajstić information content (AvgIpc) is 2.17. The Hall–Kier alpha value is -0.120. The Labute approximate surface area is 86.8 Å². The predicted molar refractivity (Wildman–Crippen MR) is 57.4 cm³/mol. The van der Waals surface area contributed by atoms with Crippen LogP contribution in [0, 0.1) is 0 Å². The van der Waals surface area contributed by atoms with E-state index in [4.69, 9.17) is 4.74 Å². The Kier molecular flexibility index (Phi) is 4.35. The number of aliphatic hydroxyl groups is 1. The molecular weight excluding hydrogens is 178 g/mol.